The SMILES string of the molecule is N#CN1CCC(Cn2cncc2CNC2CN(c3ccc(Cl)cc3)CCc3ccccc32)CC1. The van der Waals surface area contributed by atoms with E-state index in [0.717, 1.165) is 63.6 Å². The maximum absolute atomic E-state index is 9.11. The van der Waals surface area contributed by atoms with Crippen molar-refractivity contribution < 1.29 is 0 Å². The van der Waals surface area contributed by atoms with Crippen molar-refractivity contribution >= 4 is 17.3 Å². The van der Waals surface area contributed by atoms with E-state index in [1.807, 2.05) is 29.6 Å². The van der Waals surface area contributed by atoms with E-state index in [9.17, 15) is 0 Å². The Labute approximate surface area is 206 Å². The van der Waals surface area contributed by atoms with E-state index in [0.29, 0.717) is 5.92 Å². The van der Waals surface area contributed by atoms with Crippen LogP contribution in [0.5, 0.6) is 0 Å². The molecule has 0 amide bonds. The molecule has 0 bridgehead atoms. The number of nitriles is 1. The predicted molar refractivity (Wildman–Crippen MR) is 136 cm³/mol. The van der Waals surface area contributed by atoms with Crippen molar-refractivity contribution in [2.24, 2.45) is 5.92 Å². The Morgan fingerprint density at radius 2 is 1.85 bits per heavy atom. The number of imidazole rings is 1. The lowest BCUT2D eigenvalue weighted by Crippen LogP contribution is -2.35. The van der Waals surface area contributed by atoms with Gasteiger partial charge in [0.15, 0.2) is 6.19 Å². The van der Waals surface area contributed by atoms with Crippen LogP contribution in [0.25, 0.3) is 0 Å². The molecule has 1 saturated heterocycles. The van der Waals surface area contributed by atoms with Crippen LogP contribution in [-0.4, -0.2) is 40.6 Å². The molecule has 0 saturated carbocycles. The third-order valence-electron chi connectivity index (χ3n) is 7.22. The summed E-state index contributed by atoms with van der Waals surface area (Å²) >= 11 is 6.13. The predicted octanol–water partition coefficient (Wildman–Crippen LogP) is 4.62. The number of piperidine rings is 1. The minimum atomic E-state index is 0.219. The quantitative estimate of drug-likeness (QED) is 0.528. The molecular weight excluding hydrogens is 444 g/mol. The second-order valence-electron chi connectivity index (χ2n) is 9.37. The molecule has 3 aromatic rings. The van der Waals surface area contributed by atoms with E-state index in [2.05, 4.69) is 62.4 Å². The molecule has 1 unspecified atom stereocenters. The number of aromatic nitrogens is 2. The highest BCUT2D eigenvalue weighted by molar-refractivity contribution is 6.30. The summed E-state index contributed by atoms with van der Waals surface area (Å²) in [6.45, 7) is 5.35. The normalized spacial score (nSPS) is 18.9. The van der Waals surface area contributed by atoms with Crippen LogP contribution in [0.4, 0.5) is 5.69 Å². The topological polar surface area (TPSA) is 60.1 Å². The molecule has 0 aliphatic carbocycles. The number of benzene rings is 2. The largest absolute Gasteiger partial charge is 0.369 e. The van der Waals surface area contributed by atoms with Gasteiger partial charge in [0.1, 0.15) is 0 Å². The first kappa shape index (κ1) is 22.8. The van der Waals surface area contributed by atoms with Crippen LogP contribution in [0.15, 0.2) is 61.1 Å². The van der Waals surface area contributed by atoms with Gasteiger partial charge in [-0.25, -0.2) is 4.98 Å². The van der Waals surface area contributed by atoms with E-state index >= 15 is 0 Å². The maximum Gasteiger partial charge on any atom is 0.179 e. The zero-order valence-electron chi connectivity index (χ0n) is 19.4. The zero-order chi connectivity index (χ0) is 23.3. The third kappa shape index (κ3) is 5.22. The van der Waals surface area contributed by atoms with E-state index in [4.69, 9.17) is 16.9 Å². The molecule has 2 aromatic carbocycles. The van der Waals surface area contributed by atoms with Crippen molar-refractivity contribution in [2.75, 3.05) is 31.1 Å². The van der Waals surface area contributed by atoms with Crippen LogP contribution < -0.4 is 10.2 Å². The number of halogens is 1. The number of hydrogen-bond acceptors (Lipinski definition) is 5. The van der Waals surface area contributed by atoms with Crippen molar-refractivity contribution in [3.8, 4) is 6.19 Å². The Morgan fingerprint density at radius 3 is 2.65 bits per heavy atom. The Bertz CT molecular complexity index is 1130. The number of anilines is 1. The van der Waals surface area contributed by atoms with E-state index in [1.54, 1.807) is 0 Å². The first-order valence-corrected chi connectivity index (χ1v) is 12.5. The first-order chi connectivity index (χ1) is 16.7. The molecule has 1 atom stereocenters. The number of nitrogens with one attached hydrogen (secondary N) is 1. The Balaban J connectivity index is 1.29. The van der Waals surface area contributed by atoms with Crippen LogP contribution >= 0.6 is 11.6 Å². The van der Waals surface area contributed by atoms with Gasteiger partial charge in [-0.3, -0.25) is 0 Å². The number of hydrogen-bond donors (Lipinski definition) is 1. The molecule has 1 aromatic heterocycles. The van der Waals surface area contributed by atoms with Crippen molar-refractivity contribution in [2.45, 2.75) is 38.4 Å². The van der Waals surface area contributed by atoms with Gasteiger partial charge in [0, 0.05) is 56.2 Å². The van der Waals surface area contributed by atoms with Gasteiger partial charge in [0.25, 0.3) is 0 Å². The summed E-state index contributed by atoms with van der Waals surface area (Å²) in [5.74, 6) is 0.594. The molecule has 1 N–H and O–H groups in total. The van der Waals surface area contributed by atoms with E-state index < -0.39 is 0 Å². The summed E-state index contributed by atoms with van der Waals surface area (Å²) in [7, 11) is 0. The molecule has 3 heterocycles. The summed E-state index contributed by atoms with van der Waals surface area (Å²) < 4.78 is 2.29. The van der Waals surface area contributed by atoms with Crippen LogP contribution in [0.3, 0.4) is 0 Å². The summed E-state index contributed by atoms with van der Waals surface area (Å²) in [4.78, 5) is 8.77. The fourth-order valence-corrected chi connectivity index (χ4v) is 5.34. The number of rotatable bonds is 6. The van der Waals surface area contributed by atoms with Crippen molar-refractivity contribution in [1.29, 1.82) is 5.26 Å². The van der Waals surface area contributed by atoms with Crippen molar-refractivity contribution in [3.05, 3.63) is 82.9 Å². The monoisotopic (exact) mass is 474 g/mol. The second-order valence-corrected chi connectivity index (χ2v) is 9.81. The lowest BCUT2D eigenvalue weighted by molar-refractivity contribution is 0.232. The van der Waals surface area contributed by atoms with E-state index in [-0.39, 0.29) is 6.04 Å². The van der Waals surface area contributed by atoms with Gasteiger partial charge >= 0.3 is 0 Å². The third-order valence-corrected chi connectivity index (χ3v) is 7.47. The van der Waals surface area contributed by atoms with Gasteiger partial charge in [0.2, 0.25) is 0 Å². The lowest BCUT2D eigenvalue weighted by Gasteiger charge is -2.29. The number of fused-ring (bicyclic) bond motifs is 1. The standard InChI is InChI=1S/C27H31ClN6/c28-23-5-7-24(8-6-23)33-14-11-22-3-1-2-4-26(22)27(18-33)31-16-25-15-30-20-34(25)17-21-9-12-32(19-29)13-10-21/h1-8,15,20-21,27,31H,9-14,16-18H2. The van der Waals surface area contributed by atoms with Gasteiger partial charge in [-0.15, -0.1) is 0 Å². The van der Waals surface area contributed by atoms with Crippen LogP contribution in [-0.2, 0) is 19.5 Å². The summed E-state index contributed by atoms with van der Waals surface area (Å²) in [6, 6.07) is 17.2. The molecular formula is C27H31ClN6. The highest BCUT2D eigenvalue weighted by Crippen LogP contribution is 2.28. The molecule has 1 fully saturated rings. The second kappa shape index (κ2) is 10.5. The first-order valence-electron chi connectivity index (χ1n) is 12.1. The Hall–Kier alpha value is -3.01. The van der Waals surface area contributed by atoms with Gasteiger partial charge in [-0.2, -0.15) is 5.26 Å². The molecule has 176 valence electrons. The Kier molecular flexibility index (Phi) is 7.03. The molecule has 0 radical (unpaired) electrons. The van der Waals surface area contributed by atoms with Gasteiger partial charge in [-0.1, -0.05) is 35.9 Å². The molecule has 0 spiro atoms. The van der Waals surface area contributed by atoms with Gasteiger partial charge in [0.05, 0.1) is 18.1 Å². The average Bonchev–Trinajstić information content (AvgIpc) is 3.23. The minimum Gasteiger partial charge on any atom is -0.369 e. The van der Waals surface area contributed by atoms with Crippen LogP contribution in [0.1, 0.15) is 35.7 Å². The van der Waals surface area contributed by atoms with Gasteiger partial charge in [-0.05, 0) is 60.6 Å². The number of likely N-dealkylation sites (tertiary alicyclic amines) is 1. The summed E-state index contributed by atoms with van der Waals surface area (Å²) in [5, 5.41) is 13.7. The van der Waals surface area contributed by atoms with Crippen molar-refractivity contribution in [3.63, 3.8) is 0 Å². The average molecular weight is 475 g/mol. The minimum absolute atomic E-state index is 0.219. The smallest absolute Gasteiger partial charge is 0.179 e. The molecule has 7 heteroatoms. The molecule has 6 nitrogen and oxygen atoms in total. The zero-order valence-corrected chi connectivity index (χ0v) is 20.2. The van der Waals surface area contributed by atoms with Crippen LogP contribution in [0.2, 0.25) is 5.02 Å². The highest BCUT2D eigenvalue weighted by Gasteiger charge is 2.24. The summed E-state index contributed by atoms with van der Waals surface area (Å²) in [5.41, 5.74) is 5.21. The van der Waals surface area contributed by atoms with Crippen LogP contribution in [0, 0.1) is 17.4 Å². The lowest BCUT2D eigenvalue weighted by atomic mass is 9.97. The fourth-order valence-electron chi connectivity index (χ4n) is 5.21. The maximum atomic E-state index is 9.11. The number of nitrogens with zero attached hydrogens (tertiary/aromatic N) is 5. The molecule has 2 aliphatic rings. The van der Waals surface area contributed by atoms with E-state index in [1.165, 1.54) is 22.5 Å². The van der Waals surface area contributed by atoms with Crippen molar-refractivity contribution in [1.82, 2.24) is 19.8 Å². The Morgan fingerprint density at radius 1 is 1.06 bits per heavy atom. The molecule has 34 heavy (non-hydrogen) atoms. The molecule has 5 rings (SSSR count). The highest BCUT2D eigenvalue weighted by atomic mass is 35.5. The fraction of sp³-hybridized carbons (Fsp3) is 0.407. The van der Waals surface area contributed by atoms with Gasteiger partial charge < -0.3 is 19.7 Å². The summed E-state index contributed by atoms with van der Waals surface area (Å²) in [6.07, 6.45) is 9.36. The molecule has 2 aliphatic heterocycles.